The molecular formula is C19H22ClN3O2. The SMILES string of the molecule is Cl.NCC(C(=O)Nc1cccc(NC(=O)C2CC2)c1)c1ccccc1. The molecule has 3 rings (SSSR count). The Kier molecular flexibility index (Phi) is 6.56. The Bertz CT molecular complexity index is 732. The van der Waals surface area contributed by atoms with E-state index >= 15 is 0 Å². The van der Waals surface area contributed by atoms with Gasteiger partial charge in [-0.15, -0.1) is 12.4 Å². The molecule has 1 fully saturated rings. The summed E-state index contributed by atoms with van der Waals surface area (Å²) in [5.41, 5.74) is 7.99. The minimum Gasteiger partial charge on any atom is -0.329 e. The summed E-state index contributed by atoms with van der Waals surface area (Å²) in [6, 6.07) is 16.6. The van der Waals surface area contributed by atoms with Gasteiger partial charge in [0.25, 0.3) is 0 Å². The number of anilines is 2. The van der Waals surface area contributed by atoms with Crippen molar-refractivity contribution in [2.45, 2.75) is 18.8 Å². The highest BCUT2D eigenvalue weighted by Gasteiger charge is 2.29. The molecule has 0 heterocycles. The van der Waals surface area contributed by atoms with Gasteiger partial charge in [-0.3, -0.25) is 9.59 Å². The van der Waals surface area contributed by atoms with Crippen molar-refractivity contribution in [1.82, 2.24) is 0 Å². The Hall–Kier alpha value is -2.37. The van der Waals surface area contributed by atoms with Gasteiger partial charge in [-0.25, -0.2) is 0 Å². The first kappa shape index (κ1) is 19.0. The van der Waals surface area contributed by atoms with Crippen molar-refractivity contribution >= 4 is 35.6 Å². The van der Waals surface area contributed by atoms with E-state index in [9.17, 15) is 9.59 Å². The van der Waals surface area contributed by atoms with Gasteiger partial charge >= 0.3 is 0 Å². The summed E-state index contributed by atoms with van der Waals surface area (Å²) in [6.07, 6.45) is 1.91. The number of rotatable bonds is 6. The van der Waals surface area contributed by atoms with Crippen LogP contribution in [0.2, 0.25) is 0 Å². The molecule has 0 saturated heterocycles. The third kappa shape index (κ3) is 5.05. The molecule has 2 amide bonds. The summed E-state index contributed by atoms with van der Waals surface area (Å²) in [5, 5.41) is 5.76. The molecule has 2 aromatic rings. The first-order chi connectivity index (χ1) is 11.7. The smallest absolute Gasteiger partial charge is 0.233 e. The van der Waals surface area contributed by atoms with E-state index in [0.717, 1.165) is 18.4 Å². The Morgan fingerprint density at radius 2 is 1.64 bits per heavy atom. The molecule has 0 radical (unpaired) electrons. The minimum absolute atomic E-state index is 0. The van der Waals surface area contributed by atoms with Crippen LogP contribution in [0.4, 0.5) is 11.4 Å². The first-order valence-corrected chi connectivity index (χ1v) is 8.14. The lowest BCUT2D eigenvalue weighted by Gasteiger charge is -2.16. The third-order valence-electron chi connectivity index (χ3n) is 4.10. The molecule has 132 valence electrons. The zero-order valence-corrected chi connectivity index (χ0v) is 14.6. The zero-order valence-electron chi connectivity index (χ0n) is 13.8. The van der Waals surface area contributed by atoms with E-state index in [1.807, 2.05) is 36.4 Å². The van der Waals surface area contributed by atoms with Crippen molar-refractivity contribution in [3.8, 4) is 0 Å². The topological polar surface area (TPSA) is 84.2 Å². The van der Waals surface area contributed by atoms with Gasteiger partial charge in [0, 0.05) is 23.8 Å². The predicted octanol–water partition coefficient (Wildman–Crippen LogP) is 3.14. The van der Waals surface area contributed by atoms with E-state index in [2.05, 4.69) is 10.6 Å². The summed E-state index contributed by atoms with van der Waals surface area (Å²) < 4.78 is 0. The van der Waals surface area contributed by atoms with Gasteiger partial charge < -0.3 is 16.4 Å². The molecule has 25 heavy (non-hydrogen) atoms. The van der Waals surface area contributed by atoms with E-state index < -0.39 is 5.92 Å². The zero-order chi connectivity index (χ0) is 16.9. The number of nitrogens with one attached hydrogen (secondary N) is 2. The second-order valence-electron chi connectivity index (χ2n) is 6.03. The molecule has 1 aliphatic rings. The summed E-state index contributed by atoms with van der Waals surface area (Å²) in [7, 11) is 0. The fraction of sp³-hybridized carbons (Fsp3) is 0.263. The highest BCUT2D eigenvalue weighted by atomic mass is 35.5. The van der Waals surface area contributed by atoms with Crippen LogP contribution in [0.15, 0.2) is 54.6 Å². The van der Waals surface area contributed by atoms with E-state index in [0.29, 0.717) is 11.4 Å². The molecule has 4 N–H and O–H groups in total. The van der Waals surface area contributed by atoms with E-state index in [1.165, 1.54) is 0 Å². The van der Waals surface area contributed by atoms with Crippen LogP contribution in [0.25, 0.3) is 0 Å². The monoisotopic (exact) mass is 359 g/mol. The first-order valence-electron chi connectivity index (χ1n) is 8.14. The van der Waals surface area contributed by atoms with Gasteiger partial charge in [0.2, 0.25) is 11.8 Å². The van der Waals surface area contributed by atoms with Crippen LogP contribution in [0, 0.1) is 5.92 Å². The number of hydrogen-bond donors (Lipinski definition) is 3. The molecule has 2 aromatic carbocycles. The van der Waals surface area contributed by atoms with Gasteiger partial charge in [-0.05, 0) is 36.6 Å². The highest BCUT2D eigenvalue weighted by molar-refractivity contribution is 5.98. The van der Waals surface area contributed by atoms with Gasteiger partial charge in [0.1, 0.15) is 0 Å². The maximum atomic E-state index is 12.5. The molecule has 1 atom stereocenters. The van der Waals surface area contributed by atoms with Crippen molar-refractivity contribution in [3.05, 3.63) is 60.2 Å². The second kappa shape index (κ2) is 8.65. The normalized spacial score (nSPS) is 14.1. The van der Waals surface area contributed by atoms with E-state index in [1.54, 1.807) is 18.2 Å². The Labute approximate surface area is 153 Å². The number of carbonyl (C=O) groups is 2. The third-order valence-corrected chi connectivity index (χ3v) is 4.10. The highest BCUT2D eigenvalue weighted by Crippen LogP contribution is 2.30. The molecule has 1 saturated carbocycles. The van der Waals surface area contributed by atoms with Crippen LogP contribution >= 0.6 is 12.4 Å². The fourth-order valence-corrected chi connectivity index (χ4v) is 2.57. The lowest BCUT2D eigenvalue weighted by atomic mass is 9.98. The Balaban J connectivity index is 0.00000225. The quantitative estimate of drug-likeness (QED) is 0.740. The molecule has 0 bridgehead atoms. The number of hydrogen-bond acceptors (Lipinski definition) is 3. The molecule has 6 heteroatoms. The van der Waals surface area contributed by atoms with E-state index in [4.69, 9.17) is 5.73 Å². The van der Waals surface area contributed by atoms with Crippen LogP contribution in [0.3, 0.4) is 0 Å². The van der Waals surface area contributed by atoms with E-state index in [-0.39, 0.29) is 36.7 Å². The number of halogens is 1. The number of benzene rings is 2. The van der Waals surface area contributed by atoms with Gasteiger partial charge in [0.05, 0.1) is 5.92 Å². The van der Waals surface area contributed by atoms with Crippen molar-refractivity contribution in [2.75, 3.05) is 17.2 Å². The molecule has 0 aromatic heterocycles. The summed E-state index contributed by atoms with van der Waals surface area (Å²) >= 11 is 0. The summed E-state index contributed by atoms with van der Waals surface area (Å²) in [6.45, 7) is 0.230. The maximum Gasteiger partial charge on any atom is 0.233 e. The molecule has 0 spiro atoms. The minimum atomic E-state index is -0.407. The molecule has 5 nitrogen and oxygen atoms in total. The maximum absolute atomic E-state index is 12.5. The average Bonchev–Trinajstić information content (AvgIpc) is 3.42. The van der Waals surface area contributed by atoms with Gasteiger partial charge in [-0.1, -0.05) is 36.4 Å². The van der Waals surface area contributed by atoms with Crippen LogP contribution < -0.4 is 16.4 Å². The fourth-order valence-electron chi connectivity index (χ4n) is 2.57. The Morgan fingerprint density at radius 3 is 2.24 bits per heavy atom. The molecule has 0 aliphatic heterocycles. The van der Waals surface area contributed by atoms with Gasteiger partial charge in [0.15, 0.2) is 0 Å². The van der Waals surface area contributed by atoms with Crippen LogP contribution in [0.5, 0.6) is 0 Å². The Morgan fingerprint density at radius 1 is 1.00 bits per heavy atom. The van der Waals surface area contributed by atoms with Crippen molar-refractivity contribution in [3.63, 3.8) is 0 Å². The average molecular weight is 360 g/mol. The molecule has 1 unspecified atom stereocenters. The molecule has 1 aliphatic carbocycles. The molecular weight excluding hydrogens is 338 g/mol. The summed E-state index contributed by atoms with van der Waals surface area (Å²) in [5.74, 6) is -0.379. The lowest BCUT2D eigenvalue weighted by Crippen LogP contribution is -2.27. The van der Waals surface area contributed by atoms with Crippen molar-refractivity contribution < 1.29 is 9.59 Å². The predicted molar refractivity (Wildman–Crippen MR) is 102 cm³/mol. The number of amides is 2. The summed E-state index contributed by atoms with van der Waals surface area (Å²) in [4.78, 5) is 24.4. The van der Waals surface area contributed by atoms with Crippen molar-refractivity contribution in [2.24, 2.45) is 11.7 Å². The lowest BCUT2D eigenvalue weighted by molar-refractivity contribution is -0.118. The van der Waals surface area contributed by atoms with Gasteiger partial charge in [-0.2, -0.15) is 0 Å². The largest absolute Gasteiger partial charge is 0.329 e. The second-order valence-corrected chi connectivity index (χ2v) is 6.03. The van der Waals surface area contributed by atoms with Crippen molar-refractivity contribution in [1.29, 1.82) is 0 Å². The number of carbonyl (C=O) groups excluding carboxylic acids is 2. The van der Waals surface area contributed by atoms with Crippen LogP contribution in [-0.4, -0.2) is 18.4 Å². The standard InChI is InChI=1S/C19H21N3O2.ClH/c20-12-17(13-5-2-1-3-6-13)19(24)22-16-8-4-7-15(11-16)21-18(23)14-9-10-14;/h1-8,11,14,17H,9-10,12,20H2,(H,21,23)(H,22,24);1H. The van der Waals surface area contributed by atoms with Crippen LogP contribution in [0.1, 0.15) is 24.3 Å². The van der Waals surface area contributed by atoms with Crippen LogP contribution in [-0.2, 0) is 9.59 Å². The number of nitrogens with two attached hydrogens (primary N) is 1.